The van der Waals surface area contributed by atoms with Gasteiger partial charge in [0.1, 0.15) is 23.0 Å². The fraction of sp³-hybridized carbons (Fsp3) is 0.238. The predicted octanol–water partition coefficient (Wildman–Crippen LogP) is 7.48. The van der Waals surface area contributed by atoms with Crippen LogP contribution in [0.2, 0.25) is 0 Å². The Kier molecular flexibility index (Phi) is 9.39. The third-order valence-electron chi connectivity index (χ3n) is 10.1. The number of phenols is 2. The second-order valence-electron chi connectivity index (χ2n) is 14.6. The average Bonchev–Trinajstić information content (AvgIpc) is 3.60. The number of benzene rings is 5. The van der Waals surface area contributed by atoms with Crippen molar-refractivity contribution < 1.29 is 59.5 Å². The predicted molar refractivity (Wildman–Crippen MR) is 207 cm³/mol. The van der Waals surface area contributed by atoms with Gasteiger partial charge >= 0.3 is 187 Å². The van der Waals surface area contributed by atoms with Crippen LogP contribution in [0.4, 0.5) is 23.2 Å². The monoisotopic (exact) mass is 899 g/mol. The number of phenolic OH excluding ortho intramolecular Hbond substituents is 2. The first-order chi connectivity index (χ1) is 27.0. The molecule has 5 aromatic rings. The maximum absolute atomic E-state index is 15.4. The van der Waals surface area contributed by atoms with Gasteiger partial charge in [-0.1, -0.05) is 0 Å². The van der Waals surface area contributed by atoms with Crippen LogP contribution >= 0.6 is 20.2 Å². The summed E-state index contributed by atoms with van der Waals surface area (Å²) in [6.45, 7) is 3.68. The first kappa shape index (κ1) is 38.5. The van der Waals surface area contributed by atoms with Crippen LogP contribution in [0, 0.1) is 3.57 Å². The van der Waals surface area contributed by atoms with Crippen LogP contribution in [0.25, 0.3) is 0 Å². The van der Waals surface area contributed by atoms with E-state index in [1.165, 1.54) is 60.7 Å². The Morgan fingerprint density at radius 1 is 0.842 bits per heavy atom. The van der Waals surface area contributed by atoms with Crippen molar-refractivity contribution in [2.75, 3.05) is 25.5 Å². The second kappa shape index (κ2) is 13.9. The molecule has 1 amide bonds. The Balaban J connectivity index is 0.911. The number of esters is 1. The van der Waals surface area contributed by atoms with Crippen molar-refractivity contribution in [1.82, 2.24) is 0 Å². The number of anilines is 1. The molecule has 10 nitrogen and oxygen atoms in total. The van der Waals surface area contributed by atoms with Gasteiger partial charge in [0, 0.05) is 34.5 Å². The number of likely N-dealkylation sites (N-methyl/N-ethyl adjacent to an activating group) is 1. The van der Waals surface area contributed by atoms with Gasteiger partial charge in [-0.2, -0.15) is 0 Å². The van der Waals surface area contributed by atoms with Crippen LogP contribution in [0.3, 0.4) is 0 Å². The number of ether oxygens (including phenoxy) is 3. The SMILES string of the molecule is C[NH+](CCc1ccc(OC(F)(F)C(F)(F)I2OC(C)(C)c3ccccc32)cc1)CC(=O)Nc1ccc2c(c1)C1(OC2=O)c2ccc(O)cc2Oc2cc(O)ccc21. The van der Waals surface area contributed by atoms with Crippen LogP contribution in [0.15, 0.2) is 103 Å². The van der Waals surface area contributed by atoms with Crippen molar-refractivity contribution in [1.29, 1.82) is 0 Å². The molecule has 3 heterocycles. The van der Waals surface area contributed by atoms with Gasteiger partial charge in [-0.15, -0.1) is 0 Å². The molecule has 0 radical (unpaired) electrons. The third kappa shape index (κ3) is 6.70. The van der Waals surface area contributed by atoms with Crippen molar-refractivity contribution in [3.8, 4) is 28.7 Å². The molecule has 0 fully saturated rings. The van der Waals surface area contributed by atoms with Gasteiger partial charge < -0.3 is 25.0 Å². The number of quaternary nitrogens is 1. The number of carbonyl (C=O) groups is 2. The van der Waals surface area contributed by atoms with E-state index in [1.54, 1.807) is 63.4 Å². The summed E-state index contributed by atoms with van der Waals surface area (Å²) < 4.78 is 79.1. The number of rotatable bonds is 10. The molecule has 5 aromatic carbocycles. The van der Waals surface area contributed by atoms with E-state index in [2.05, 4.69) is 10.1 Å². The standard InChI is InChI=1S/C42H35F4IN2O8/c1-39(2)30-6-4-5-7-34(30)47(57-39)41(43,44)42(45,46)55-28-13-8-24(9-14-28)18-19-49(3)23-37(52)48-25-10-15-29-33(20-25)40(56-38(29)53)31-16-11-26(50)21-35(31)54-36-22-27(51)12-17-32(36)40/h4-17,20-22,50-51H,18-19,23H2,1-3H3,(H,48,52)/p+1. The molecule has 1 spiro atoms. The number of fused-ring (bicyclic) bond motifs is 7. The van der Waals surface area contributed by atoms with Gasteiger partial charge in [0.05, 0.1) is 5.56 Å². The van der Waals surface area contributed by atoms with E-state index in [0.29, 0.717) is 40.9 Å². The Morgan fingerprint density at radius 3 is 2.16 bits per heavy atom. The molecule has 0 saturated heterocycles. The number of halogens is 5. The maximum atomic E-state index is 15.4. The van der Waals surface area contributed by atoms with Crippen LogP contribution in [-0.2, 0) is 30.2 Å². The minimum Gasteiger partial charge on any atom is -0.508 e. The molecule has 57 heavy (non-hydrogen) atoms. The summed E-state index contributed by atoms with van der Waals surface area (Å²) in [7, 11) is 1.81. The molecule has 1 atom stereocenters. The molecule has 3 aliphatic heterocycles. The summed E-state index contributed by atoms with van der Waals surface area (Å²) in [6, 6.07) is 25.3. The van der Waals surface area contributed by atoms with E-state index in [0.717, 1.165) is 10.5 Å². The van der Waals surface area contributed by atoms with Gasteiger partial charge in [0.15, 0.2) is 5.60 Å². The third-order valence-corrected chi connectivity index (χ3v) is 15.4. The molecule has 0 bridgehead atoms. The summed E-state index contributed by atoms with van der Waals surface area (Å²) in [5.41, 5.74) is 0.567. The smallest absolute Gasteiger partial charge is 0.508 e. The number of hydrogen-bond acceptors (Lipinski definition) is 8. The van der Waals surface area contributed by atoms with E-state index in [1.807, 2.05) is 0 Å². The number of amides is 1. The van der Waals surface area contributed by atoms with E-state index in [9.17, 15) is 19.8 Å². The van der Waals surface area contributed by atoms with Crippen molar-refractivity contribution >= 4 is 37.8 Å². The summed E-state index contributed by atoms with van der Waals surface area (Å²) in [5.74, 6) is -1.06. The van der Waals surface area contributed by atoms with Crippen molar-refractivity contribution in [2.45, 2.75) is 41.5 Å². The minimum atomic E-state index is -4.82. The molecule has 0 saturated carbocycles. The van der Waals surface area contributed by atoms with E-state index >= 15 is 17.6 Å². The Morgan fingerprint density at radius 2 is 1.49 bits per heavy atom. The number of hydrogen-bond donors (Lipinski definition) is 4. The van der Waals surface area contributed by atoms with E-state index in [4.69, 9.17) is 12.5 Å². The normalized spacial score (nSPS) is 17.1. The van der Waals surface area contributed by atoms with Crippen molar-refractivity contribution in [2.24, 2.45) is 0 Å². The second-order valence-corrected chi connectivity index (χ2v) is 18.9. The number of nitrogens with one attached hydrogen (secondary N) is 2. The zero-order valence-corrected chi connectivity index (χ0v) is 32.8. The molecule has 0 aromatic heterocycles. The zero-order valence-electron chi connectivity index (χ0n) is 30.7. The molecule has 3 aliphatic rings. The minimum absolute atomic E-state index is 0.0474. The molecule has 0 aliphatic carbocycles. The molecule has 15 heteroatoms. The Labute approximate surface area is 331 Å². The average molecular weight is 900 g/mol. The number of alkyl halides is 5. The summed E-state index contributed by atoms with van der Waals surface area (Å²) in [6.07, 6.45) is -4.38. The summed E-state index contributed by atoms with van der Waals surface area (Å²) in [5, 5.41) is 23.3. The van der Waals surface area contributed by atoms with Crippen LogP contribution in [0.5, 0.6) is 28.7 Å². The van der Waals surface area contributed by atoms with E-state index in [-0.39, 0.29) is 44.6 Å². The topological polar surface area (TPSA) is 128 Å². The van der Waals surface area contributed by atoms with Gasteiger partial charge in [-0.25, -0.2) is 4.79 Å². The van der Waals surface area contributed by atoms with Crippen molar-refractivity contribution in [3.63, 3.8) is 0 Å². The van der Waals surface area contributed by atoms with Gasteiger partial charge in [-0.3, -0.25) is 4.79 Å². The van der Waals surface area contributed by atoms with Crippen LogP contribution < -0.4 is 19.7 Å². The Hall–Kier alpha value is -5.39. The molecule has 1 unspecified atom stereocenters. The number of carbonyl (C=O) groups excluding carboxylic acids is 2. The molecule has 296 valence electrons. The zero-order chi connectivity index (χ0) is 40.5. The van der Waals surface area contributed by atoms with Gasteiger partial charge in [-0.05, 0) is 42.5 Å². The van der Waals surface area contributed by atoms with Crippen molar-refractivity contribution in [3.05, 3.63) is 140 Å². The quantitative estimate of drug-likeness (QED) is 0.0492. The van der Waals surface area contributed by atoms with Crippen LogP contribution in [0.1, 0.15) is 52.0 Å². The summed E-state index contributed by atoms with van der Waals surface area (Å²) >= 11 is -4.20. The summed E-state index contributed by atoms with van der Waals surface area (Å²) in [4.78, 5) is 27.3. The molecular formula is C42H36F4IN2O8+. The fourth-order valence-electron chi connectivity index (χ4n) is 7.28. The number of aromatic hydroxyl groups is 2. The first-order valence-electron chi connectivity index (χ1n) is 17.8. The van der Waals surface area contributed by atoms with E-state index < -0.39 is 53.2 Å². The van der Waals surface area contributed by atoms with Gasteiger partial charge in [0.25, 0.3) is 0 Å². The Bertz CT molecular complexity index is 2370. The first-order valence-corrected chi connectivity index (χ1v) is 20.9. The van der Waals surface area contributed by atoms with Gasteiger partial charge in [0.2, 0.25) is 0 Å². The molecular weight excluding hydrogens is 863 g/mol. The molecule has 4 N–H and O–H groups in total. The van der Waals surface area contributed by atoms with Crippen LogP contribution in [-0.4, -0.2) is 52.3 Å². The fourth-order valence-corrected chi connectivity index (χ4v) is 12.4. The molecule has 8 rings (SSSR count).